The molecule has 13 heteroatoms. The number of halogens is 9. The van der Waals surface area contributed by atoms with E-state index in [0.29, 0.717) is 24.3 Å². The van der Waals surface area contributed by atoms with Gasteiger partial charge in [0.05, 0.1) is 34.6 Å². The molecule has 38 heavy (non-hydrogen) atoms. The van der Waals surface area contributed by atoms with E-state index in [1.165, 1.54) is 6.92 Å². The van der Waals surface area contributed by atoms with Crippen molar-refractivity contribution in [1.29, 1.82) is 0 Å². The third-order valence-corrected chi connectivity index (χ3v) is 6.65. The van der Waals surface area contributed by atoms with E-state index in [9.17, 15) is 49.4 Å². The standard InChI is InChI=1S/C25H24F9NO3/c1-4-17-12-19(18-11-13(23(26,27)28)6-7-20(18)35(17)21(36)38-5-2)22(3,37)14-8-15(24(29,30)31)10-16(9-14)25(32,33)34/h6-11,17,19,37H,4-5,12H2,1-3H3/t17-,19?,22+/m1/s1. The van der Waals surface area contributed by atoms with Crippen LogP contribution in [0, 0.1) is 0 Å². The summed E-state index contributed by atoms with van der Waals surface area (Å²) < 4.78 is 127. The summed E-state index contributed by atoms with van der Waals surface area (Å²) in [6.45, 7) is 4.02. The minimum atomic E-state index is -5.20. The van der Waals surface area contributed by atoms with Crippen LogP contribution >= 0.6 is 0 Å². The molecule has 1 amide bonds. The molecule has 0 bridgehead atoms. The number of carbonyl (C=O) groups excluding carboxylic acids is 1. The van der Waals surface area contributed by atoms with Gasteiger partial charge in [-0.15, -0.1) is 0 Å². The van der Waals surface area contributed by atoms with Crippen molar-refractivity contribution in [1.82, 2.24) is 0 Å². The first kappa shape index (κ1) is 29.6. The minimum Gasteiger partial charge on any atom is -0.449 e. The van der Waals surface area contributed by atoms with Gasteiger partial charge in [0.15, 0.2) is 0 Å². The van der Waals surface area contributed by atoms with Crippen LogP contribution in [0.3, 0.4) is 0 Å². The van der Waals surface area contributed by atoms with E-state index in [-0.39, 0.29) is 36.8 Å². The van der Waals surface area contributed by atoms with E-state index in [4.69, 9.17) is 4.74 Å². The van der Waals surface area contributed by atoms with Gasteiger partial charge in [0.1, 0.15) is 0 Å². The summed E-state index contributed by atoms with van der Waals surface area (Å²) >= 11 is 0. The molecule has 0 saturated heterocycles. The first-order valence-electron chi connectivity index (χ1n) is 11.5. The second-order valence-electron chi connectivity index (χ2n) is 9.13. The van der Waals surface area contributed by atoms with Gasteiger partial charge in [0, 0.05) is 12.0 Å². The lowest BCUT2D eigenvalue weighted by atomic mass is 9.71. The van der Waals surface area contributed by atoms with E-state index < -0.39 is 64.4 Å². The Balaban J connectivity index is 2.29. The highest BCUT2D eigenvalue weighted by atomic mass is 19.4. The number of alkyl halides is 9. The van der Waals surface area contributed by atoms with Gasteiger partial charge >= 0.3 is 24.6 Å². The summed E-state index contributed by atoms with van der Waals surface area (Å²) in [5, 5.41) is 11.5. The molecule has 3 rings (SSSR count). The fraction of sp³-hybridized carbons (Fsp3) is 0.480. The number of anilines is 1. The number of ether oxygens (including phenoxy) is 1. The van der Waals surface area contributed by atoms with Gasteiger partial charge in [0.25, 0.3) is 0 Å². The summed E-state index contributed by atoms with van der Waals surface area (Å²) in [5.74, 6) is -1.42. The Morgan fingerprint density at radius 2 is 1.37 bits per heavy atom. The first-order chi connectivity index (χ1) is 17.3. The predicted octanol–water partition coefficient (Wildman–Crippen LogP) is 7.88. The Bertz CT molecular complexity index is 1150. The number of carbonyl (C=O) groups is 1. The predicted molar refractivity (Wildman–Crippen MR) is 118 cm³/mol. The SMILES string of the molecule is CCOC(=O)N1c2ccc(C(F)(F)F)cc2C([C@@](C)(O)c2cc(C(F)(F)F)cc(C(F)(F)F)c2)C[C@H]1CC. The average Bonchev–Trinajstić information content (AvgIpc) is 2.80. The van der Waals surface area contributed by atoms with Gasteiger partial charge in [-0.2, -0.15) is 39.5 Å². The molecule has 1 unspecified atom stereocenters. The van der Waals surface area contributed by atoms with Gasteiger partial charge in [0.2, 0.25) is 0 Å². The lowest BCUT2D eigenvalue weighted by Gasteiger charge is -2.45. The number of hydrogen-bond donors (Lipinski definition) is 1. The van der Waals surface area contributed by atoms with Gasteiger partial charge < -0.3 is 9.84 Å². The first-order valence-corrected chi connectivity index (χ1v) is 11.5. The third-order valence-electron chi connectivity index (χ3n) is 6.65. The zero-order valence-corrected chi connectivity index (χ0v) is 20.4. The quantitative estimate of drug-likeness (QED) is 0.389. The van der Waals surface area contributed by atoms with E-state index >= 15 is 0 Å². The average molecular weight is 557 g/mol. The van der Waals surface area contributed by atoms with Crippen molar-refractivity contribution >= 4 is 11.8 Å². The molecule has 0 spiro atoms. The molecule has 2 aromatic carbocycles. The lowest BCUT2D eigenvalue weighted by Crippen LogP contribution is -2.48. The molecule has 210 valence electrons. The second kappa shape index (κ2) is 9.97. The Kier molecular flexibility index (Phi) is 7.77. The molecule has 1 heterocycles. The number of rotatable bonds is 4. The summed E-state index contributed by atoms with van der Waals surface area (Å²) in [6, 6.07) is 2.12. The van der Waals surface area contributed by atoms with Gasteiger partial charge in [-0.1, -0.05) is 6.92 Å². The smallest absolute Gasteiger partial charge is 0.416 e. The Labute approximate surface area is 212 Å². The molecular formula is C25H24F9NO3. The Hall–Kier alpha value is -2.96. The van der Waals surface area contributed by atoms with Crippen LogP contribution in [0.15, 0.2) is 36.4 Å². The normalized spacial score (nSPS) is 20.1. The molecule has 0 fully saturated rings. The summed E-state index contributed by atoms with van der Waals surface area (Å²) in [5.41, 5.74) is -8.18. The topological polar surface area (TPSA) is 49.8 Å². The third kappa shape index (κ3) is 5.71. The van der Waals surface area contributed by atoms with Gasteiger partial charge in [-0.25, -0.2) is 4.79 Å². The Morgan fingerprint density at radius 1 is 0.868 bits per heavy atom. The van der Waals surface area contributed by atoms with Crippen LogP contribution in [-0.2, 0) is 28.9 Å². The van der Waals surface area contributed by atoms with E-state index in [1.807, 2.05) is 0 Å². The molecule has 0 aliphatic carbocycles. The molecule has 0 radical (unpaired) electrons. The molecule has 3 atom stereocenters. The van der Waals surface area contributed by atoms with Crippen molar-refractivity contribution in [2.75, 3.05) is 11.5 Å². The molecule has 1 aliphatic heterocycles. The highest BCUT2D eigenvalue weighted by Gasteiger charge is 2.47. The zero-order valence-electron chi connectivity index (χ0n) is 20.4. The Morgan fingerprint density at radius 3 is 1.82 bits per heavy atom. The molecular weight excluding hydrogens is 533 g/mol. The van der Waals surface area contributed by atoms with E-state index in [1.54, 1.807) is 6.92 Å². The number of benzene rings is 2. The molecule has 1 aliphatic rings. The highest BCUT2D eigenvalue weighted by molar-refractivity contribution is 5.90. The van der Waals surface area contributed by atoms with Crippen molar-refractivity contribution in [2.45, 2.75) is 69.7 Å². The molecule has 4 nitrogen and oxygen atoms in total. The van der Waals surface area contributed by atoms with Crippen LogP contribution in [0.4, 0.5) is 50.0 Å². The highest BCUT2D eigenvalue weighted by Crippen LogP contribution is 2.51. The second-order valence-corrected chi connectivity index (χ2v) is 9.13. The molecule has 0 saturated carbocycles. The van der Waals surface area contributed by atoms with Crippen LogP contribution in [-0.4, -0.2) is 23.8 Å². The van der Waals surface area contributed by atoms with Crippen LogP contribution < -0.4 is 4.90 Å². The number of fused-ring (bicyclic) bond motifs is 1. The fourth-order valence-corrected chi connectivity index (χ4v) is 4.70. The minimum absolute atomic E-state index is 0.0622. The summed E-state index contributed by atoms with van der Waals surface area (Å²) in [7, 11) is 0. The summed E-state index contributed by atoms with van der Waals surface area (Å²) in [6.07, 6.45) is -16.2. The van der Waals surface area contributed by atoms with E-state index in [0.717, 1.165) is 17.9 Å². The zero-order chi connectivity index (χ0) is 28.8. The molecule has 2 aromatic rings. The van der Waals surface area contributed by atoms with Crippen LogP contribution in [0.5, 0.6) is 0 Å². The number of amides is 1. The summed E-state index contributed by atoms with van der Waals surface area (Å²) in [4.78, 5) is 13.8. The molecule has 0 aromatic heterocycles. The number of aliphatic hydroxyl groups is 1. The maximum absolute atomic E-state index is 13.6. The van der Waals surface area contributed by atoms with Gasteiger partial charge in [-0.05, 0) is 74.2 Å². The van der Waals surface area contributed by atoms with Crippen molar-refractivity contribution in [3.8, 4) is 0 Å². The van der Waals surface area contributed by atoms with Crippen molar-refractivity contribution < 1.29 is 54.2 Å². The van der Waals surface area contributed by atoms with E-state index in [2.05, 4.69) is 0 Å². The maximum atomic E-state index is 13.6. The fourth-order valence-electron chi connectivity index (χ4n) is 4.70. The number of nitrogens with zero attached hydrogens (tertiary/aromatic N) is 1. The van der Waals surface area contributed by atoms with Gasteiger partial charge in [-0.3, -0.25) is 4.90 Å². The van der Waals surface area contributed by atoms with Crippen molar-refractivity contribution in [3.05, 3.63) is 64.2 Å². The van der Waals surface area contributed by atoms with Crippen LogP contribution in [0.25, 0.3) is 0 Å². The van der Waals surface area contributed by atoms with Crippen LogP contribution in [0.2, 0.25) is 0 Å². The lowest BCUT2D eigenvalue weighted by molar-refractivity contribution is -0.143. The largest absolute Gasteiger partial charge is 0.449 e. The molecule has 1 N–H and O–H groups in total. The maximum Gasteiger partial charge on any atom is 0.416 e. The monoisotopic (exact) mass is 557 g/mol. The van der Waals surface area contributed by atoms with Crippen LogP contribution in [0.1, 0.15) is 67.3 Å². The van der Waals surface area contributed by atoms with Crippen molar-refractivity contribution in [2.24, 2.45) is 0 Å². The number of hydrogen-bond acceptors (Lipinski definition) is 3. The van der Waals surface area contributed by atoms with Crippen molar-refractivity contribution in [3.63, 3.8) is 0 Å².